The zero-order chi connectivity index (χ0) is 7.82. The van der Waals surface area contributed by atoms with E-state index >= 15 is 0 Å². The third kappa shape index (κ3) is 4.50. The van der Waals surface area contributed by atoms with Gasteiger partial charge in [-0.3, -0.25) is 0 Å². The van der Waals surface area contributed by atoms with Gasteiger partial charge in [0, 0.05) is 5.92 Å². The van der Waals surface area contributed by atoms with Crippen LogP contribution in [0.4, 0.5) is 0 Å². The second-order valence-corrected chi connectivity index (χ2v) is 2.55. The molecule has 0 aromatic carbocycles. The minimum atomic E-state index is 0.286. The largest absolute Gasteiger partial charge is 0.320 e. The Balaban J connectivity index is 3.17. The van der Waals surface area contributed by atoms with Gasteiger partial charge in [-0.1, -0.05) is 6.92 Å². The van der Waals surface area contributed by atoms with Crippen LogP contribution < -0.4 is 5.32 Å². The summed E-state index contributed by atoms with van der Waals surface area (Å²) in [6.45, 7) is 3.07. The van der Waals surface area contributed by atoms with Crippen molar-refractivity contribution in [2.24, 2.45) is 5.92 Å². The Morgan fingerprint density at radius 3 is 2.70 bits per heavy atom. The van der Waals surface area contributed by atoms with Crippen LogP contribution in [-0.4, -0.2) is 19.9 Å². The zero-order valence-corrected chi connectivity index (χ0v) is 6.89. The van der Waals surface area contributed by atoms with Gasteiger partial charge in [-0.05, 0) is 32.9 Å². The molecule has 2 nitrogen and oxygen atoms in total. The van der Waals surface area contributed by atoms with Crippen molar-refractivity contribution in [3.63, 3.8) is 0 Å². The summed E-state index contributed by atoms with van der Waals surface area (Å²) in [5.41, 5.74) is 0. The lowest BCUT2D eigenvalue weighted by atomic mass is 10.0. The minimum Gasteiger partial charge on any atom is -0.320 e. The van der Waals surface area contributed by atoms with E-state index in [1.54, 1.807) is 0 Å². The van der Waals surface area contributed by atoms with Crippen LogP contribution >= 0.6 is 0 Å². The predicted molar refractivity (Wildman–Crippen MR) is 43.0 cm³/mol. The first-order valence-corrected chi connectivity index (χ1v) is 3.95. The number of carbonyl (C=O) groups excluding carboxylic acids is 1. The second kappa shape index (κ2) is 6.75. The Labute approximate surface area is 63.0 Å². The van der Waals surface area contributed by atoms with E-state index in [1.807, 2.05) is 7.05 Å². The van der Waals surface area contributed by atoms with E-state index in [9.17, 15) is 4.79 Å². The molecule has 60 valence electrons. The molecule has 0 amide bonds. The number of carbonyl (C=O) groups is 1. The maximum Gasteiger partial charge on any atom is 0.123 e. The molecule has 0 heterocycles. The molecule has 2 heteroatoms. The fourth-order valence-electron chi connectivity index (χ4n) is 0.909. The molecule has 0 aromatic heterocycles. The highest BCUT2D eigenvalue weighted by Crippen LogP contribution is 2.06. The molecule has 0 spiro atoms. The van der Waals surface area contributed by atoms with Crippen molar-refractivity contribution in [2.75, 3.05) is 13.6 Å². The maximum absolute atomic E-state index is 10.3. The Morgan fingerprint density at radius 2 is 2.30 bits per heavy atom. The molecular weight excluding hydrogens is 126 g/mol. The zero-order valence-electron chi connectivity index (χ0n) is 6.89. The lowest BCUT2D eigenvalue weighted by Crippen LogP contribution is -2.10. The Kier molecular flexibility index (Phi) is 6.50. The van der Waals surface area contributed by atoms with E-state index in [4.69, 9.17) is 0 Å². The van der Waals surface area contributed by atoms with Gasteiger partial charge in [0.25, 0.3) is 0 Å². The normalized spacial score (nSPS) is 13.0. The van der Waals surface area contributed by atoms with Gasteiger partial charge < -0.3 is 10.1 Å². The maximum atomic E-state index is 10.3. The van der Waals surface area contributed by atoms with Crippen LogP contribution in [0.1, 0.15) is 26.2 Å². The molecule has 0 aromatic rings. The van der Waals surface area contributed by atoms with Crippen LogP contribution in [0.25, 0.3) is 0 Å². The van der Waals surface area contributed by atoms with Gasteiger partial charge in [-0.15, -0.1) is 0 Å². The number of hydrogen-bond donors (Lipinski definition) is 1. The van der Waals surface area contributed by atoms with Crippen molar-refractivity contribution in [3.05, 3.63) is 0 Å². The molecule has 0 aliphatic rings. The monoisotopic (exact) mass is 143 g/mol. The molecule has 10 heavy (non-hydrogen) atoms. The lowest BCUT2D eigenvalue weighted by Gasteiger charge is -2.04. The van der Waals surface area contributed by atoms with Gasteiger partial charge in [0.1, 0.15) is 6.29 Å². The van der Waals surface area contributed by atoms with Gasteiger partial charge in [-0.2, -0.15) is 0 Å². The molecule has 0 aliphatic carbocycles. The van der Waals surface area contributed by atoms with E-state index in [-0.39, 0.29) is 5.92 Å². The highest BCUT2D eigenvalue weighted by molar-refractivity contribution is 5.53. The van der Waals surface area contributed by atoms with Crippen molar-refractivity contribution < 1.29 is 4.79 Å². The third-order valence-corrected chi connectivity index (χ3v) is 1.72. The summed E-state index contributed by atoms with van der Waals surface area (Å²) in [4.78, 5) is 10.3. The van der Waals surface area contributed by atoms with E-state index in [1.165, 1.54) is 0 Å². The van der Waals surface area contributed by atoms with Crippen molar-refractivity contribution >= 4 is 6.29 Å². The highest BCUT2D eigenvalue weighted by Gasteiger charge is 2.01. The molecule has 0 fully saturated rings. The molecule has 0 bridgehead atoms. The number of nitrogens with one attached hydrogen (secondary N) is 1. The average Bonchev–Trinajstić information content (AvgIpc) is 1.99. The van der Waals surface area contributed by atoms with E-state index in [0.29, 0.717) is 0 Å². The Bertz CT molecular complexity index is 83.3. The first kappa shape index (κ1) is 9.63. The van der Waals surface area contributed by atoms with Crippen LogP contribution in [-0.2, 0) is 4.79 Å². The lowest BCUT2D eigenvalue weighted by molar-refractivity contribution is -0.111. The molecule has 0 rings (SSSR count). The van der Waals surface area contributed by atoms with Gasteiger partial charge in [0.05, 0.1) is 0 Å². The van der Waals surface area contributed by atoms with Crippen molar-refractivity contribution in [2.45, 2.75) is 26.2 Å². The highest BCUT2D eigenvalue weighted by atomic mass is 16.1. The van der Waals surface area contributed by atoms with Gasteiger partial charge in [-0.25, -0.2) is 0 Å². The summed E-state index contributed by atoms with van der Waals surface area (Å²) < 4.78 is 0. The van der Waals surface area contributed by atoms with Crippen molar-refractivity contribution in [3.8, 4) is 0 Å². The van der Waals surface area contributed by atoms with Crippen LogP contribution in [0.15, 0.2) is 0 Å². The SMILES string of the molecule is CCC(C=O)CCCNC. The van der Waals surface area contributed by atoms with Crippen molar-refractivity contribution in [1.29, 1.82) is 0 Å². The topological polar surface area (TPSA) is 29.1 Å². The average molecular weight is 143 g/mol. The first-order chi connectivity index (χ1) is 4.85. The quantitative estimate of drug-likeness (QED) is 0.447. The van der Waals surface area contributed by atoms with E-state index in [0.717, 1.165) is 32.1 Å². The molecular formula is C8H17NO. The summed E-state index contributed by atoms with van der Waals surface area (Å²) >= 11 is 0. The number of rotatable bonds is 6. The summed E-state index contributed by atoms with van der Waals surface area (Å²) in [5, 5.41) is 3.06. The van der Waals surface area contributed by atoms with Gasteiger partial charge in [0.15, 0.2) is 0 Å². The molecule has 1 N–H and O–H groups in total. The fraction of sp³-hybridized carbons (Fsp3) is 0.875. The third-order valence-electron chi connectivity index (χ3n) is 1.72. The summed E-state index contributed by atoms with van der Waals surface area (Å²) in [6.07, 6.45) is 4.18. The second-order valence-electron chi connectivity index (χ2n) is 2.55. The first-order valence-electron chi connectivity index (χ1n) is 3.95. The van der Waals surface area contributed by atoms with Gasteiger partial charge in [0.2, 0.25) is 0 Å². The smallest absolute Gasteiger partial charge is 0.123 e. The summed E-state index contributed by atoms with van der Waals surface area (Å²) in [7, 11) is 1.93. The summed E-state index contributed by atoms with van der Waals surface area (Å²) in [5.74, 6) is 0.286. The summed E-state index contributed by atoms with van der Waals surface area (Å²) in [6, 6.07) is 0. The molecule has 1 unspecified atom stereocenters. The van der Waals surface area contributed by atoms with Crippen molar-refractivity contribution in [1.82, 2.24) is 5.32 Å². The van der Waals surface area contributed by atoms with E-state index in [2.05, 4.69) is 12.2 Å². The molecule has 0 saturated carbocycles. The Morgan fingerprint density at radius 1 is 1.60 bits per heavy atom. The molecule has 0 saturated heterocycles. The predicted octanol–water partition coefficient (Wildman–Crippen LogP) is 1.21. The fourth-order valence-corrected chi connectivity index (χ4v) is 0.909. The standard InChI is InChI=1S/C8H17NO/c1-3-8(7-10)5-4-6-9-2/h7-9H,3-6H2,1-2H3. The molecule has 0 aliphatic heterocycles. The van der Waals surface area contributed by atoms with E-state index < -0.39 is 0 Å². The minimum absolute atomic E-state index is 0.286. The van der Waals surface area contributed by atoms with Crippen LogP contribution in [0, 0.1) is 5.92 Å². The van der Waals surface area contributed by atoms with Crippen LogP contribution in [0.5, 0.6) is 0 Å². The number of aldehydes is 1. The van der Waals surface area contributed by atoms with Crippen LogP contribution in [0.3, 0.4) is 0 Å². The molecule has 1 atom stereocenters. The van der Waals surface area contributed by atoms with Gasteiger partial charge >= 0.3 is 0 Å². The molecule has 0 radical (unpaired) electrons. The number of hydrogen-bond acceptors (Lipinski definition) is 2. The Hall–Kier alpha value is -0.370. The van der Waals surface area contributed by atoms with Crippen LogP contribution in [0.2, 0.25) is 0 Å².